The summed E-state index contributed by atoms with van der Waals surface area (Å²) < 4.78 is 10.1. The molecule has 0 aromatic heterocycles. The molecule has 2 aliphatic heterocycles. The summed E-state index contributed by atoms with van der Waals surface area (Å²) in [5, 5.41) is 10.1. The maximum Gasteiger partial charge on any atom is 0.345 e. The molecule has 6 nitrogen and oxygen atoms in total. The molecule has 4 bridgehead atoms. The van der Waals surface area contributed by atoms with Crippen molar-refractivity contribution < 1.29 is 24.2 Å². The Morgan fingerprint density at radius 3 is 2.94 bits per heavy atom. The van der Waals surface area contributed by atoms with E-state index in [0.717, 1.165) is 0 Å². The van der Waals surface area contributed by atoms with E-state index in [1.54, 1.807) is 6.08 Å². The van der Waals surface area contributed by atoms with Crippen molar-refractivity contribution >= 4 is 11.9 Å². The van der Waals surface area contributed by atoms with Crippen LogP contribution in [-0.4, -0.2) is 28.9 Å². The van der Waals surface area contributed by atoms with Crippen molar-refractivity contribution in [2.24, 2.45) is 17.6 Å². The van der Waals surface area contributed by atoms with Crippen LogP contribution in [0.2, 0.25) is 0 Å². The quantitative estimate of drug-likeness (QED) is 0.430. The van der Waals surface area contributed by atoms with Gasteiger partial charge in [-0.25, -0.2) is 4.79 Å². The molecular weight excluding hydrogens is 214 g/mol. The maximum atomic E-state index is 11.5. The molecule has 2 unspecified atom stereocenters. The van der Waals surface area contributed by atoms with Crippen LogP contribution in [0.25, 0.3) is 0 Å². The number of nitrogens with two attached hydrogens (primary N) is 1. The fourth-order valence-corrected chi connectivity index (χ4v) is 2.33. The number of hydrogen-bond acceptors (Lipinski definition) is 5. The Hall–Kier alpha value is -1.82. The summed E-state index contributed by atoms with van der Waals surface area (Å²) in [6.45, 7) is 0. The first-order valence-electron chi connectivity index (χ1n) is 4.83. The number of primary amides is 1. The average Bonchev–Trinajstić information content (AvgIpc) is 2.50. The highest BCUT2D eigenvalue weighted by Gasteiger charge is 2.59. The number of rotatable bonds is 1. The van der Waals surface area contributed by atoms with Crippen molar-refractivity contribution in [3.8, 4) is 0 Å². The van der Waals surface area contributed by atoms with E-state index in [1.165, 1.54) is 12.2 Å². The van der Waals surface area contributed by atoms with Crippen molar-refractivity contribution in [1.82, 2.24) is 0 Å². The van der Waals surface area contributed by atoms with Crippen LogP contribution in [0.5, 0.6) is 0 Å². The van der Waals surface area contributed by atoms with Crippen LogP contribution in [0.4, 0.5) is 0 Å². The summed E-state index contributed by atoms with van der Waals surface area (Å²) in [6.07, 6.45) is 3.57. The van der Waals surface area contributed by atoms with Gasteiger partial charge in [-0.3, -0.25) is 4.79 Å². The monoisotopic (exact) mass is 223 g/mol. The van der Waals surface area contributed by atoms with Crippen molar-refractivity contribution in [3.63, 3.8) is 0 Å². The van der Waals surface area contributed by atoms with Gasteiger partial charge in [0.05, 0.1) is 5.92 Å². The summed E-state index contributed by atoms with van der Waals surface area (Å²) in [4.78, 5) is 22.5. The molecule has 4 atom stereocenters. The molecule has 6 heteroatoms. The summed E-state index contributed by atoms with van der Waals surface area (Å²) in [7, 11) is 0. The average molecular weight is 223 g/mol. The molecule has 0 saturated carbocycles. The third-order valence-electron chi connectivity index (χ3n) is 3.18. The second kappa shape index (κ2) is 2.65. The lowest BCUT2D eigenvalue weighted by Crippen LogP contribution is -2.55. The van der Waals surface area contributed by atoms with Gasteiger partial charge in [0.2, 0.25) is 0 Å². The van der Waals surface area contributed by atoms with E-state index in [4.69, 9.17) is 15.2 Å². The Balaban J connectivity index is 2.09. The number of ether oxygens (including phenoxy) is 2. The molecule has 1 aliphatic carbocycles. The van der Waals surface area contributed by atoms with Gasteiger partial charge in [0.25, 0.3) is 12.2 Å². The van der Waals surface area contributed by atoms with Gasteiger partial charge in [0.15, 0.2) is 11.4 Å². The molecule has 3 aliphatic rings. The smallest absolute Gasteiger partial charge is 0.345 e. The summed E-state index contributed by atoms with van der Waals surface area (Å²) in [5.74, 6) is -2.36. The van der Waals surface area contributed by atoms with E-state index in [2.05, 4.69) is 0 Å². The molecule has 0 aromatic carbocycles. The van der Waals surface area contributed by atoms with Crippen LogP contribution >= 0.6 is 0 Å². The van der Waals surface area contributed by atoms with Crippen molar-refractivity contribution in [2.75, 3.05) is 0 Å². The molecule has 0 radical (unpaired) electrons. The van der Waals surface area contributed by atoms with Gasteiger partial charge < -0.3 is 20.3 Å². The normalized spacial score (nSPS) is 43.4. The van der Waals surface area contributed by atoms with Crippen molar-refractivity contribution in [3.05, 3.63) is 24.0 Å². The lowest BCUT2D eigenvalue weighted by Gasteiger charge is -2.41. The van der Waals surface area contributed by atoms with Gasteiger partial charge in [-0.1, -0.05) is 6.08 Å². The molecule has 1 saturated heterocycles. The third kappa shape index (κ3) is 0.943. The van der Waals surface area contributed by atoms with E-state index in [1.807, 2.05) is 0 Å². The molecule has 2 heterocycles. The molecule has 16 heavy (non-hydrogen) atoms. The maximum absolute atomic E-state index is 11.5. The van der Waals surface area contributed by atoms with Crippen LogP contribution in [0, 0.1) is 11.8 Å². The lowest BCUT2D eigenvalue weighted by atomic mass is 9.80. The SMILES string of the molecule is NC(=O)C1=CC2C3C=C[C@@]2(O)C(=O)O[C@@H]3O1. The van der Waals surface area contributed by atoms with E-state index < -0.39 is 29.7 Å². The Labute approximate surface area is 90.3 Å². The van der Waals surface area contributed by atoms with Crippen molar-refractivity contribution in [1.29, 1.82) is 0 Å². The first-order chi connectivity index (χ1) is 7.52. The number of aliphatic hydroxyl groups is 1. The van der Waals surface area contributed by atoms with E-state index in [0.29, 0.717) is 0 Å². The Morgan fingerprint density at radius 2 is 2.25 bits per heavy atom. The molecule has 1 fully saturated rings. The first-order valence-corrected chi connectivity index (χ1v) is 4.83. The van der Waals surface area contributed by atoms with Gasteiger partial charge in [-0.15, -0.1) is 0 Å². The minimum Gasteiger partial charge on any atom is -0.449 e. The zero-order chi connectivity index (χ0) is 11.5. The van der Waals surface area contributed by atoms with Crippen LogP contribution in [0.3, 0.4) is 0 Å². The highest BCUT2D eigenvalue weighted by Crippen LogP contribution is 2.47. The second-order valence-corrected chi connectivity index (χ2v) is 4.07. The molecule has 3 N–H and O–H groups in total. The zero-order valence-electron chi connectivity index (χ0n) is 8.12. The molecule has 84 valence electrons. The Morgan fingerprint density at radius 1 is 1.50 bits per heavy atom. The van der Waals surface area contributed by atoms with Crippen LogP contribution in [0.1, 0.15) is 0 Å². The van der Waals surface area contributed by atoms with Crippen LogP contribution in [-0.2, 0) is 19.1 Å². The molecule has 1 amide bonds. The summed E-state index contributed by atoms with van der Waals surface area (Å²) >= 11 is 0. The highest BCUT2D eigenvalue weighted by atomic mass is 16.7. The first kappa shape index (κ1) is 9.41. The third-order valence-corrected chi connectivity index (χ3v) is 3.18. The van der Waals surface area contributed by atoms with E-state index in [-0.39, 0.29) is 11.7 Å². The minimum absolute atomic E-state index is 0.0686. The number of carbonyl (C=O) groups is 2. The summed E-state index contributed by atoms with van der Waals surface area (Å²) in [5.41, 5.74) is 3.40. The standard InChI is InChI=1S/C10H9NO5/c11-7(12)6-3-5-4-1-2-10(5,14)9(13)16-8(4)15-6/h1-5,8,14H,(H2,11,12)/t4?,5?,8-,10-/m0/s1. The van der Waals surface area contributed by atoms with E-state index >= 15 is 0 Å². The van der Waals surface area contributed by atoms with Gasteiger partial charge in [0, 0.05) is 5.92 Å². The molecule has 0 aromatic rings. The second-order valence-electron chi connectivity index (χ2n) is 4.07. The van der Waals surface area contributed by atoms with Gasteiger partial charge in [-0.2, -0.15) is 0 Å². The number of carbonyl (C=O) groups excluding carboxylic acids is 2. The highest BCUT2D eigenvalue weighted by molar-refractivity contribution is 5.91. The fraction of sp³-hybridized carbons (Fsp3) is 0.400. The number of esters is 1. The topological polar surface area (TPSA) is 98.9 Å². The lowest BCUT2D eigenvalue weighted by molar-refractivity contribution is -0.224. The fourth-order valence-electron chi connectivity index (χ4n) is 2.33. The van der Waals surface area contributed by atoms with Gasteiger partial charge >= 0.3 is 5.97 Å². The predicted octanol–water partition coefficient (Wildman–Crippen LogP) is -1.20. The predicted molar refractivity (Wildman–Crippen MR) is 49.3 cm³/mol. The van der Waals surface area contributed by atoms with Gasteiger partial charge in [0.1, 0.15) is 0 Å². The number of hydrogen-bond donors (Lipinski definition) is 2. The number of amides is 1. The molecule has 0 spiro atoms. The minimum atomic E-state index is -1.69. The zero-order valence-corrected chi connectivity index (χ0v) is 8.12. The largest absolute Gasteiger partial charge is 0.449 e. The van der Waals surface area contributed by atoms with Crippen molar-refractivity contribution in [2.45, 2.75) is 11.9 Å². The van der Waals surface area contributed by atoms with E-state index in [9.17, 15) is 14.7 Å². The summed E-state index contributed by atoms with van der Waals surface area (Å²) in [6, 6.07) is 0. The van der Waals surface area contributed by atoms with Crippen LogP contribution in [0.15, 0.2) is 24.0 Å². The Bertz CT molecular complexity index is 454. The van der Waals surface area contributed by atoms with Gasteiger partial charge in [-0.05, 0) is 12.2 Å². The Kier molecular flexibility index (Phi) is 1.56. The molecular formula is C10H9NO5. The van der Waals surface area contributed by atoms with Crippen LogP contribution < -0.4 is 5.73 Å². The molecule has 3 rings (SSSR count).